The summed E-state index contributed by atoms with van der Waals surface area (Å²) >= 11 is 3.38. The molecule has 1 aliphatic heterocycles. The zero-order valence-corrected chi connectivity index (χ0v) is 29.7. The van der Waals surface area contributed by atoms with E-state index in [4.69, 9.17) is 23.7 Å². The molecule has 47 heavy (non-hydrogen) atoms. The number of fused-ring (bicyclic) bond motifs is 1. The highest BCUT2D eigenvalue weighted by Crippen LogP contribution is 2.37. The van der Waals surface area contributed by atoms with Crippen LogP contribution in [0.1, 0.15) is 50.4 Å². The van der Waals surface area contributed by atoms with Crippen molar-refractivity contribution >= 4 is 46.0 Å². The van der Waals surface area contributed by atoms with Gasteiger partial charge >= 0.3 is 5.97 Å². The van der Waals surface area contributed by atoms with Crippen LogP contribution in [-0.2, 0) is 16.1 Å². The zero-order valence-electron chi connectivity index (χ0n) is 26.8. The van der Waals surface area contributed by atoms with Crippen LogP contribution in [0.3, 0.4) is 0 Å². The van der Waals surface area contributed by atoms with Gasteiger partial charge in [0.15, 0.2) is 27.8 Å². The molecule has 0 saturated heterocycles. The minimum Gasteiger partial charge on any atom is -0.493 e. The molecule has 0 N–H and O–H groups in total. The average Bonchev–Trinajstić information content (AvgIpc) is 3.34. The van der Waals surface area contributed by atoms with Crippen molar-refractivity contribution in [2.24, 2.45) is 4.99 Å². The van der Waals surface area contributed by atoms with Crippen molar-refractivity contribution in [3.05, 3.63) is 112 Å². The molecule has 2 heterocycles. The summed E-state index contributed by atoms with van der Waals surface area (Å²) in [6.45, 7) is 7.70. The fourth-order valence-corrected chi connectivity index (χ4v) is 6.99. The van der Waals surface area contributed by atoms with E-state index in [1.807, 2.05) is 26.0 Å². The Balaban J connectivity index is 1.59. The summed E-state index contributed by atoms with van der Waals surface area (Å²) < 4.78 is 44.7. The number of methoxy groups -OCH3 is 2. The van der Waals surface area contributed by atoms with Gasteiger partial charge in [-0.05, 0) is 109 Å². The van der Waals surface area contributed by atoms with Crippen molar-refractivity contribution in [2.45, 2.75) is 46.4 Å². The predicted molar refractivity (Wildman–Crippen MR) is 186 cm³/mol. The summed E-state index contributed by atoms with van der Waals surface area (Å²) in [4.78, 5) is 32.6. The Labute approximate surface area is 289 Å². The third kappa shape index (κ3) is 7.38. The third-order valence-corrected chi connectivity index (χ3v) is 9.01. The molecule has 0 unspecified atom stereocenters. The number of carbonyl (C=O) groups excluding carboxylic acids is 1. The Bertz CT molecular complexity index is 2020. The summed E-state index contributed by atoms with van der Waals surface area (Å²) in [5.74, 6) is 1.16. The van der Waals surface area contributed by atoms with Gasteiger partial charge in [-0.25, -0.2) is 14.2 Å². The summed E-state index contributed by atoms with van der Waals surface area (Å²) in [6, 6.07) is 14.3. The van der Waals surface area contributed by atoms with Gasteiger partial charge in [-0.1, -0.05) is 29.5 Å². The second kappa shape index (κ2) is 14.7. The van der Waals surface area contributed by atoms with E-state index in [9.17, 15) is 14.0 Å². The van der Waals surface area contributed by atoms with Crippen LogP contribution in [0.25, 0.3) is 6.08 Å². The highest BCUT2D eigenvalue weighted by molar-refractivity contribution is 14.1. The average molecular weight is 773 g/mol. The van der Waals surface area contributed by atoms with E-state index in [0.29, 0.717) is 49.2 Å². The van der Waals surface area contributed by atoms with Gasteiger partial charge in [0.05, 0.1) is 52.3 Å². The lowest BCUT2D eigenvalue weighted by Gasteiger charge is -2.25. The maximum Gasteiger partial charge on any atom is 0.338 e. The van der Waals surface area contributed by atoms with E-state index in [2.05, 4.69) is 27.6 Å². The van der Waals surface area contributed by atoms with Gasteiger partial charge in [-0.15, -0.1) is 0 Å². The molecular formula is C35H34FIN2O7S. The number of carbonyl (C=O) groups is 1. The number of hydrogen-bond donors (Lipinski definition) is 0. The maximum atomic E-state index is 14.2. The molecule has 0 bridgehead atoms. The molecule has 1 aliphatic rings. The van der Waals surface area contributed by atoms with Gasteiger partial charge < -0.3 is 23.7 Å². The number of rotatable bonds is 11. The van der Waals surface area contributed by atoms with Crippen molar-refractivity contribution in [3.8, 4) is 23.0 Å². The van der Waals surface area contributed by atoms with Crippen LogP contribution in [0, 0.1) is 9.39 Å². The van der Waals surface area contributed by atoms with Crippen molar-refractivity contribution in [2.75, 3.05) is 20.8 Å². The van der Waals surface area contributed by atoms with Crippen molar-refractivity contribution < 1.29 is 32.9 Å². The lowest BCUT2D eigenvalue weighted by molar-refractivity contribution is -0.139. The first-order chi connectivity index (χ1) is 22.5. The molecule has 5 rings (SSSR count). The van der Waals surface area contributed by atoms with Crippen LogP contribution in [0.2, 0.25) is 0 Å². The molecule has 0 spiro atoms. The minimum absolute atomic E-state index is 0.0817. The lowest BCUT2D eigenvalue weighted by Crippen LogP contribution is -2.40. The Morgan fingerprint density at radius 3 is 2.45 bits per heavy atom. The number of hydrogen-bond acceptors (Lipinski definition) is 9. The SMILES string of the molecule is CCOC(=O)C1=C(C)N=c2s/c(=C\c3cc(I)c(OCc4ccc(F)cc4)c(OC)c3)c(=O)n2[C@H]1c1ccc(OC(C)C)c(OC)c1. The predicted octanol–water partition coefficient (Wildman–Crippen LogP) is 5.93. The van der Waals surface area contributed by atoms with E-state index in [1.165, 1.54) is 28.0 Å². The molecule has 1 atom stereocenters. The second-order valence-corrected chi connectivity index (χ2v) is 13.0. The molecule has 0 radical (unpaired) electrons. The van der Waals surface area contributed by atoms with Gasteiger partial charge in [-0.2, -0.15) is 0 Å². The fraction of sp³-hybridized carbons (Fsp3) is 0.286. The van der Waals surface area contributed by atoms with Gasteiger partial charge in [0, 0.05) is 0 Å². The van der Waals surface area contributed by atoms with Crippen molar-refractivity contribution in [1.29, 1.82) is 0 Å². The number of halogens is 2. The van der Waals surface area contributed by atoms with Gasteiger partial charge in [0.25, 0.3) is 5.56 Å². The van der Waals surface area contributed by atoms with Crippen LogP contribution in [0.5, 0.6) is 23.0 Å². The zero-order chi connectivity index (χ0) is 33.8. The summed E-state index contributed by atoms with van der Waals surface area (Å²) in [7, 11) is 3.08. The fourth-order valence-electron chi connectivity index (χ4n) is 5.16. The summed E-state index contributed by atoms with van der Waals surface area (Å²) in [5.41, 5.74) is 2.56. The highest BCUT2D eigenvalue weighted by atomic mass is 127. The van der Waals surface area contributed by atoms with E-state index in [0.717, 1.165) is 9.13 Å². The summed E-state index contributed by atoms with van der Waals surface area (Å²) in [5, 5.41) is 0. The molecule has 0 fully saturated rings. The quantitative estimate of drug-likeness (QED) is 0.138. The molecule has 0 amide bonds. The molecular weight excluding hydrogens is 738 g/mol. The Morgan fingerprint density at radius 1 is 1.06 bits per heavy atom. The number of esters is 1. The molecule has 12 heteroatoms. The largest absolute Gasteiger partial charge is 0.493 e. The number of benzene rings is 3. The monoisotopic (exact) mass is 772 g/mol. The number of thiazole rings is 1. The molecule has 3 aromatic carbocycles. The first kappa shape index (κ1) is 34.2. The Kier molecular flexibility index (Phi) is 10.7. The van der Waals surface area contributed by atoms with E-state index in [1.54, 1.807) is 64.5 Å². The first-order valence-corrected chi connectivity index (χ1v) is 16.7. The van der Waals surface area contributed by atoms with Crippen LogP contribution < -0.4 is 33.8 Å². The molecule has 1 aromatic heterocycles. The number of ether oxygens (including phenoxy) is 5. The molecule has 0 saturated carbocycles. The maximum absolute atomic E-state index is 14.2. The Morgan fingerprint density at radius 2 is 1.79 bits per heavy atom. The summed E-state index contributed by atoms with van der Waals surface area (Å²) in [6.07, 6.45) is 1.68. The first-order valence-electron chi connectivity index (χ1n) is 14.8. The Hall–Kier alpha value is -4.17. The van der Waals surface area contributed by atoms with E-state index in [-0.39, 0.29) is 36.3 Å². The highest BCUT2D eigenvalue weighted by Gasteiger charge is 2.34. The number of allylic oxidation sites excluding steroid dienone is 1. The van der Waals surface area contributed by atoms with Crippen LogP contribution >= 0.6 is 33.9 Å². The number of nitrogens with zero attached hydrogens (tertiary/aromatic N) is 2. The third-order valence-electron chi connectivity index (χ3n) is 7.23. The van der Waals surface area contributed by atoms with Gasteiger partial charge in [0.2, 0.25) is 0 Å². The van der Waals surface area contributed by atoms with Gasteiger partial charge in [-0.3, -0.25) is 9.36 Å². The second-order valence-electron chi connectivity index (χ2n) is 10.8. The van der Waals surface area contributed by atoms with Crippen LogP contribution in [0.4, 0.5) is 4.39 Å². The van der Waals surface area contributed by atoms with E-state index < -0.39 is 12.0 Å². The normalized spacial score (nSPS) is 14.5. The topological polar surface area (TPSA) is 97.6 Å². The molecule has 9 nitrogen and oxygen atoms in total. The van der Waals surface area contributed by atoms with Gasteiger partial charge in [0.1, 0.15) is 12.4 Å². The van der Waals surface area contributed by atoms with Crippen molar-refractivity contribution in [1.82, 2.24) is 4.57 Å². The van der Waals surface area contributed by atoms with E-state index >= 15 is 0 Å². The number of aromatic nitrogens is 1. The minimum atomic E-state index is -0.814. The van der Waals surface area contributed by atoms with Crippen LogP contribution in [-0.4, -0.2) is 37.5 Å². The standard InChI is InChI=1S/C35H34FIN2O7S/c1-7-44-34(41)30-20(4)38-35-39(31(30)23-10-13-26(46-19(2)3)27(17-23)42-5)33(40)29(47-35)16-22-14-25(37)32(28(15-22)43-6)45-18-21-8-11-24(36)12-9-21/h8-17,19,31H,7,18H2,1-6H3/b29-16-/t31-/m0/s1. The molecule has 246 valence electrons. The lowest BCUT2D eigenvalue weighted by atomic mass is 9.95. The van der Waals surface area contributed by atoms with Crippen molar-refractivity contribution in [3.63, 3.8) is 0 Å². The molecule has 4 aromatic rings. The smallest absolute Gasteiger partial charge is 0.338 e. The van der Waals surface area contributed by atoms with Crippen LogP contribution in [0.15, 0.2) is 75.7 Å². The molecule has 0 aliphatic carbocycles.